The Morgan fingerprint density at radius 3 is 2.15 bits per heavy atom. The van der Waals surface area contributed by atoms with Gasteiger partial charge >= 0.3 is 0 Å². The van der Waals surface area contributed by atoms with Gasteiger partial charge in [0.1, 0.15) is 0 Å². The van der Waals surface area contributed by atoms with E-state index in [1.807, 2.05) is 30.3 Å². The molecule has 1 heterocycles. The van der Waals surface area contributed by atoms with E-state index in [-0.39, 0.29) is 12.3 Å². The maximum Gasteiger partial charge on any atom is 0.244 e. The lowest BCUT2D eigenvalue weighted by Gasteiger charge is -2.35. The van der Waals surface area contributed by atoms with Gasteiger partial charge in [0, 0.05) is 44.5 Å². The summed E-state index contributed by atoms with van der Waals surface area (Å²) >= 11 is 0. The number of nitrogens with one attached hydrogen (secondary N) is 1. The zero-order chi connectivity index (χ0) is 24.6. The van der Waals surface area contributed by atoms with Gasteiger partial charge in [0.25, 0.3) is 0 Å². The maximum absolute atomic E-state index is 12.7. The fourth-order valence-electron chi connectivity index (χ4n) is 3.72. The third-order valence-electron chi connectivity index (χ3n) is 5.53. The molecule has 0 aliphatic carbocycles. The molecule has 3 rings (SSSR count). The summed E-state index contributed by atoms with van der Waals surface area (Å²) in [5.74, 6) is 0.863. The number of piperazine rings is 1. The zero-order valence-corrected chi connectivity index (χ0v) is 20.5. The molecule has 1 aliphatic rings. The number of ether oxygens (including phenoxy) is 3. The van der Waals surface area contributed by atoms with Gasteiger partial charge in [-0.1, -0.05) is 18.2 Å². The minimum atomic E-state index is -3.46. The molecule has 10 heteroatoms. The molecular weight excluding hydrogens is 458 g/mol. The molecule has 0 spiro atoms. The number of benzene rings is 2. The third kappa shape index (κ3) is 6.42. The highest BCUT2D eigenvalue weighted by atomic mass is 32.2. The van der Waals surface area contributed by atoms with Crippen molar-refractivity contribution in [2.75, 3.05) is 64.7 Å². The lowest BCUT2D eigenvalue weighted by atomic mass is 10.1. The van der Waals surface area contributed by atoms with Crippen LogP contribution in [0.4, 0.5) is 5.69 Å². The summed E-state index contributed by atoms with van der Waals surface area (Å²) in [5.41, 5.74) is 1.76. The van der Waals surface area contributed by atoms with E-state index in [1.165, 1.54) is 31.7 Å². The van der Waals surface area contributed by atoms with Crippen molar-refractivity contribution in [2.45, 2.75) is 0 Å². The van der Waals surface area contributed by atoms with Gasteiger partial charge < -0.3 is 24.4 Å². The first-order valence-corrected chi connectivity index (χ1v) is 12.5. The Hall–Kier alpha value is -3.24. The molecule has 1 N–H and O–H groups in total. The van der Waals surface area contributed by atoms with Gasteiger partial charge in [0.05, 0.1) is 27.1 Å². The second kappa shape index (κ2) is 11.8. The van der Waals surface area contributed by atoms with E-state index in [2.05, 4.69) is 10.2 Å². The highest BCUT2D eigenvalue weighted by Gasteiger charge is 2.26. The average Bonchev–Trinajstić information content (AvgIpc) is 2.87. The molecule has 184 valence electrons. The molecule has 0 atom stereocenters. The number of amides is 1. The van der Waals surface area contributed by atoms with E-state index in [4.69, 9.17) is 14.2 Å². The number of sulfonamides is 1. The van der Waals surface area contributed by atoms with Crippen LogP contribution in [-0.4, -0.2) is 78.4 Å². The maximum atomic E-state index is 12.7. The Balaban J connectivity index is 1.49. The molecule has 2 aromatic carbocycles. The summed E-state index contributed by atoms with van der Waals surface area (Å²) in [6.07, 6.45) is 2.93. The smallest absolute Gasteiger partial charge is 0.244 e. The van der Waals surface area contributed by atoms with Crippen LogP contribution in [0.15, 0.2) is 48.5 Å². The lowest BCUT2D eigenvalue weighted by molar-refractivity contribution is -0.116. The number of para-hydroxylation sites is 1. The Labute approximate surface area is 201 Å². The molecule has 1 amide bonds. The Bertz CT molecular complexity index is 1070. The van der Waals surface area contributed by atoms with Crippen LogP contribution < -0.4 is 24.4 Å². The standard InChI is InChI=1S/C24H31N3O6S/c1-31-21-17-19(18-22(32-2)24(21)33-3)9-10-23(28)25-11-16-34(29,30)27-14-12-26(13-15-27)20-7-5-4-6-8-20/h4-10,17-18H,11-16H2,1-3H3,(H,25,28)/b10-9+. The van der Waals surface area contributed by atoms with Gasteiger partial charge in [-0.15, -0.1) is 0 Å². The van der Waals surface area contributed by atoms with E-state index in [0.29, 0.717) is 49.0 Å². The summed E-state index contributed by atoms with van der Waals surface area (Å²) in [6.45, 7) is 2.14. The Morgan fingerprint density at radius 1 is 0.971 bits per heavy atom. The van der Waals surface area contributed by atoms with E-state index < -0.39 is 15.9 Å². The molecule has 34 heavy (non-hydrogen) atoms. The number of hydrogen-bond donors (Lipinski definition) is 1. The van der Waals surface area contributed by atoms with Gasteiger partial charge in [-0.05, 0) is 35.9 Å². The third-order valence-corrected chi connectivity index (χ3v) is 7.40. The molecule has 1 aliphatic heterocycles. The van der Waals surface area contributed by atoms with Crippen molar-refractivity contribution in [3.05, 3.63) is 54.1 Å². The highest BCUT2D eigenvalue weighted by molar-refractivity contribution is 7.89. The van der Waals surface area contributed by atoms with Gasteiger partial charge in [0.15, 0.2) is 11.5 Å². The number of carbonyl (C=O) groups is 1. The Morgan fingerprint density at radius 2 is 1.59 bits per heavy atom. The quantitative estimate of drug-likeness (QED) is 0.510. The summed E-state index contributed by atoms with van der Waals surface area (Å²) < 4.78 is 42.8. The van der Waals surface area contributed by atoms with Crippen LogP contribution in [0.2, 0.25) is 0 Å². The SMILES string of the molecule is COc1cc(/C=C/C(=O)NCCS(=O)(=O)N2CCN(c3ccccc3)CC2)cc(OC)c1OC. The molecule has 2 aromatic rings. The van der Waals surface area contributed by atoms with Crippen molar-refractivity contribution in [1.82, 2.24) is 9.62 Å². The van der Waals surface area contributed by atoms with E-state index in [1.54, 1.807) is 18.2 Å². The van der Waals surface area contributed by atoms with Crippen molar-refractivity contribution in [1.29, 1.82) is 0 Å². The summed E-state index contributed by atoms with van der Waals surface area (Å²) in [7, 11) is 1.08. The molecular formula is C24H31N3O6S. The van der Waals surface area contributed by atoms with Crippen LogP contribution in [0, 0.1) is 0 Å². The molecule has 0 radical (unpaired) electrons. The number of hydrogen-bond acceptors (Lipinski definition) is 7. The first-order chi connectivity index (χ1) is 16.4. The van der Waals surface area contributed by atoms with E-state index >= 15 is 0 Å². The molecule has 1 fully saturated rings. The van der Waals surface area contributed by atoms with Crippen LogP contribution in [0.25, 0.3) is 6.08 Å². The molecule has 0 bridgehead atoms. The normalized spacial score (nSPS) is 14.7. The van der Waals surface area contributed by atoms with Crippen molar-refractivity contribution in [3.63, 3.8) is 0 Å². The van der Waals surface area contributed by atoms with Gasteiger partial charge in [-0.3, -0.25) is 4.79 Å². The largest absolute Gasteiger partial charge is 0.493 e. The fourth-order valence-corrected chi connectivity index (χ4v) is 5.06. The van der Waals surface area contributed by atoms with Crippen molar-refractivity contribution >= 4 is 27.7 Å². The Kier molecular flexibility index (Phi) is 8.78. The second-order valence-corrected chi connectivity index (χ2v) is 9.71. The molecule has 1 saturated heterocycles. The van der Waals surface area contributed by atoms with Crippen molar-refractivity contribution in [2.24, 2.45) is 0 Å². The second-order valence-electron chi connectivity index (χ2n) is 7.62. The minimum Gasteiger partial charge on any atom is -0.493 e. The van der Waals surface area contributed by atoms with E-state index in [9.17, 15) is 13.2 Å². The average molecular weight is 490 g/mol. The molecule has 0 unspecified atom stereocenters. The number of carbonyl (C=O) groups excluding carboxylic acids is 1. The summed E-state index contributed by atoms with van der Waals surface area (Å²) in [5, 5.41) is 2.63. The number of methoxy groups -OCH3 is 3. The lowest BCUT2D eigenvalue weighted by Crippen LogP contribution is -2.50. The summed E-state index contributed by atoms with van der Waals surface area (Å²) in [6, 6.07) is 13.4. The first kappa shape index (κ1) is 25.4. The van der Waals surface area contributed by atoms with Crippen LogP contribution in [0.5, 0.6) is 17.2 Å². The number of rotatable bonds is 10. The summed E-state index contributed by atoms with van der Waals surface area (Å²) in [4.78, 5) is 14.4. The van der Waals surface area contributed by atoms with Crippen molar-refractivity contribution in [3.8, 4) is 17.2 Å². The highest BCUT2D eigenvalue weighted by Crippen LogP contribution is 2.38. The van der Waals surface area contributed by atoms with Gasteiger partial charge in [0.2, 0.25) is 21.7 Å². The van der Waals surface area contributed by atoms with E-state index in [0.717, 1.165) is 5.69 Å². The van der Waals surface area contributed by atoms with Crippen LogP contribution >= 0.6 is 0 Å². The number of anilines is 1. The zero-order valence-electron chi connectivity index (χ0n) is 19.7. The van der Waals surface area contributed by atoms with Crippen LogP contribution in [0.3, 0.4) is 0 Å². The topological polar surface area (TPSA) is 97.4 Å². The molecule has 9 nitrogen and oxygen atoms in total. The van der Waals surface area contributed by atoms with Crippen molar-refractivity contribution < 1.29 is 27.4 Å². The minimum absolute atomic E-state index is 0.0274. The van der Waals surface area contributed by atoms with Gasteiger partial charge in [-0.25, -0.2) is 8.42 Å². The van der Waals surface area contributed by atoms with Crippen LogP contribution in [-0.2, 0) is 14.8 Å². The van der Waals surface area contributed by atoms with Crippen LogP contribution in [0.1, 0.15) is 5.56 Å². The predicted octanol–water partition coefficient (Wildman–Crippen LogP) is 1.99. The molecule has 0 saturated carbocycles. The number of nitrogens with zero attached hydrogens (tertiary/aromatic N) is 2. The fraction of sp³-hybridized carbons (Fsp3) is 0.375. The monoisotopic (exact) mass is 489 g/mol. The van der Waals surface area contributed by atoms with Gasteiger partial charge in [-0.2, -0.15) is 4.31 Å². The first-order valence-electron chi connectivity index (χ1n) is 10.9. The predicted molar refractivity (Wildman–Crippen MR) is 132 cm³/mol. The molecule has 0 aromatic heterocycles.